The monoisotopic (exact) mass is 248 g/mol. The molecule has 88 valence electrons. The number of nitriles is 1. The van der Waals surface area contributed by atoms with Gasteiger partial charge in [0.1, 0.15) is 0 Å². The number of hydrogen-bond acceptors (Lipinski definition) is 4. The van der Waals surface area contributed by atoms with Gasteiger partial charge < -0.3 is 10.1 Å². The minimum atomic E-state index is -0.0445. The largest absolute Gasteiger partial charge is 0.379 e. The van der Waals surface area contributed by atoms with Crippen LogP contribution in [0.15, 0.2) is 24.3 Å². The third kappa shape index (κ3) is 3.48. The van der Waals surface area contributed by atoms with Crippen molar-refractivity contribution in [1.82, 2.24) is 0 Å². The first-order chi connectivity index (χ1) is 8.28. The first-order valence-corrected chi connectivity index (χ1v) is 6.32. The lowest BCUT2D eigenvalue weighted by molar-refractivity contribution is -0.113. The van der Waals surface area contributed by atoms with E-state index in [1.54, 1.807) is 36.0 Å². The Morgan fingerprint density at radius 3 is 3.06 bits per heavy atom. The van der Waals surface area contributed by atoms with Crippen LogP contribution >= 0.6 is 11.8 Å². The molecule has 1 heterocycles. The van der Waals surface area contributed by atoms with Crippen molar-refractivity contribution in [3.63, 3.8) is 0 Å². The van der Waals surface area contributed by atoms with Crippen LogP contribution in [-0.4, -0.2) is 30.1 Å². The number of thioether (sulfide) groups is 1. The summed E-state index contributed by atoms with van der Waals surface area (Å²) in [5, 5.41) is 11.9. The third-order valence-corrected chi connectivity index (χ3v) is 3.51. The van der Waals surface area contributed by atoms with Crippen LogP contribution in [0.3, 0.4) is 0 Å². The van der Waals surface area contributed by atoms with E-state index in [0.717, 1.165) is 13.2 Å². The predicted octanol–water partition coefficient (Wildman–Crippen LogP) is 1.63. The Bertz CT molecular complexity index is 452. The molecule has 4 nitrogen and oxygen atoms in total. The molecule has 1 aromatic rings. The van der Waals surface area contributed by atoms with Gasteiger partial charge in [0.05, 0.1) is 35.8 Å². The van der Waals surface area contributed by atoms with Gasteiger partial charge >= 0.3 is 0 Å². The Hall–Kier alpha value is -1.51. The van der Waals surface area contributed by atoms with Crippen LogP contribution in [0.5, 0.6) is 0 Å². The van der Waals surface area contributed by atoms with E-state index >= 15 is 0 Å². The highest BCUT2D eigenvalue weighted by atomic mass is 32.2. The minimum absolute atomic E-state index is 0.0445. The standard InChI is InChI=1S/C12H12N2O2S/c13-5-9-2-1-3-10(4-9)14-12(15)8-17-11-6-16-7-11/h1-4,11H,6-8H2,(H,14,15). The number of carbonyl (C=O) groups excluding carboxylic acids is 1. The first kappa shape index (κ1) is 12.0. The van der Waals surface area contributed by atoms with Gasteiger partial charge in [-0.1, -0.05) is 6.07 Å². The first-order valence-electron chi connectivity index (χ1n) is 5.27. The predicted molar refractivity (Wildman–Crippen MR) is 66.9 cm³/mol. The van der Waals surface area contributed by atoms with Gasteiger partial charge in [-0.3, -0.25) is 4.79 Å². The van der Waals surface area contributed by atoms with E-state index in [1.165, 1.54) is 0 Å². The van der Waals surface area contributed by atoms with Crippen LogP contribution in [0.4, 0.5) is 5.69 Å². The zero-order valence-electron chi connectivity index (χ0n) is 9.18. The maximum atomic E-state index is 11.6. The van der Waals surface area contributed by atoms with Crippen LogP contribution in [0.25, 0.3) is 0 Å². The van der Waals surface area contributed by atoms with Gasteiger partial charge in [-0.25, -0.2) is 0 Å². The van der Waals surface area contributed by atoms with Gasteiger partial charge in [-0.05, 0) is 18.2 Å². The molecule has 0 atom stereocenters. The van der Waals surface area contributed by atoms with Crippen LogP contribution in [0.1, 0.15) is 5.56 Å². The zero-order valence-corrected chi connectivity index (χ0v) is 10.00. The highest BCUT2D eigenvalue weighted by Crippen LogP contribution is 2.19. The number of benzene rings is 1. The highest BCUT2D eigenvalue weighted by Gasteiger charge is 2.19. The van der Waals surface area contributed by atoms with Gasteiger partial charge in [-0.15, -0.1) is 11.8 Å². The topological polar surface area (TPSA) is 62.1 Å². The highest BCUT2D eigenvalue weighted by molar-refractivity contribution is 8.00. The smallest absolute Gasteiger partial charge is 0.234 e. The number of ether oxygens (including phenoxy) is 1. The molecule has 1 fully saturated rings. The lowest BCUT2D eigenvalue weighted by Crippen LogP contribution is -2.31. The Balaban J connectivity index is 1.82. The number of nitrogens with zero attached hydrogens (tertiary/aromatic N) is 1. The van der Waals surface area contributed by atoms with Crippen molar-refractivity contribution < 1.29 is 9.53 Å². The second-order valence-electron chi connectivity index (χ2n) is 3.71. The molecule has 0 bridgehead atoms. The molecule has 5 heteroatoms. The van der Waals surface area contributed by atoms with E-state index in [0.29, 0.717) is 22.3 Å². The molecule has 0 unspecified atom stereocenters. The maximum Gasteiger partial charge on any atom is 0.234 e. The van der Waals surface area contributed by atoms with Crippen molar-refractivity contribution >= 4 is 23.4 Å². The van der Waals surface area contributed by atoms with Crippen molar-refractivity contribution in [3.05, 3.63) is 29.8 Å². The molecule has 1 amide bonds. The van der Waals surface area contributed by atoms with E-state index in [-0.39, 0.29) is 5.91 Å². The van der Waals surface area contributed by atoms with E-state index in [4.69, 9.17) is 10.00 Å². The van der Waals surface area contributed by atoms with Crippen molar-refractivity contribution in [2.45, 2.75) is 5.25 Å². The van der Waals surface area contributed by atoms with Gasteiger partial charge in [0.15, 0.2) is 0 Å². The summed E-state index contributed by atoms with van der Waals surface area (Å²) in [6.07, 6.45) is 0. The van der Waals surface area contributed by atoms with Crippen molar-refractivity contribution in [3.8, 4) is 6.07 Å². The van der Waals surface area contributed by atoms with Gasteiger partial charge in [0, 0.05) is 5.69 Å². The van der Waals surface area contributed by atoms with Gasteiger partial charge in [0.25, 0.3) is 0 Å². The van der Waals surface area contributed by atoms with Crippen LogP contribution in [-0.2, 0) is 9.53 Å². The molecule has 0 aromatic heterocycles. The number of amides is 1. The molecular weight excluding hydrogens is 236 g/mol. The fourth-order valence-electron chi connectivity index (χ4n) is 1.37. The molecule has 1 aromatic carbocycles. The Morgan fingerprint density at radius 2 is 2.41 bits per heavy atom. The zero-order chi connectivity index (χ0) is 12.1. The Kier molecular flexibility index (Phi) is 4.02. The summed E-state index contributed by atoms with van der Waals surface area (Å²) in [4.78, 5) is 11.6. The van der Waals surface area contributed by atoms with Gasteiger partial charge in [0.2, 0.25) is 5.91 Å². The fraction of sp³-hybridized carbons (Fsp3) is 0.333. The average Bonchev–Trinajstić information content (AvgIpc) is 2.27. The van der Waals surface area contributed by atoms with E-state index in [1.807, 2.05) is 6.07 Å². The molecule has 1 aliphatic heterocycles. The van der Waals surface area contributed by atoms with Crippen LogP contribution < -0.4 is 5.32 Å². The van der Waals surface area contributed by atoms with E-state index < -0.39 is 0 Å². The molecule has 0 spiro atoms. The molecule has 0 saturated carbocycles. The second kappa shape index (κ2) is 5.71. The van der Waals surface area contributed by atoms with Crippen molar-refractivity contribution in [2.24, 2.45) is 0 Å². The lowest BCUT2D eigenvalue weighted by Gasteiger charge is -2.24. The lowest BCUT2D eigenvalue weighted by atomic mass is 10.2. The molecule has 17 heavy (non-hydrogen) atoms. The summed E-state index contributed by atoms with van der Waals surface area (Å²) in [6, 6.07) is 8.93. The summed E-state index contributed by atoms with van der Waals surface area (Å²) in [5.74, 6) is 0.377. The number of rotatable bonds is 4. The summed E-state index contributed by atoms with van der Waals surface area (Å²) >= 11 is 1.60. The average molecular weight is 248 g/mol. The molecule has 1 N–H and O–H groups in total. The van der Waals surface area contributed by atoms with E-state index in [2.05, 4.69) is 5.32 Å². The number of hydrogen-bond donors (Lipinski definition) is 1. The van der Waals surface area contributed by atoms with Crippen molar-refractivity contribution in [1.29, 1.82) is 5.26 Å². The quantitative estimate of drug-likeness (QED) is 0.879. The summed E-state index contributed by atoms with van der Waals surface area (Å²) < 4.78 is 5.03. The normalized spacial score (nSPS) is 14.8. The fourth-order valence-corrected chi connectivity index (χ4v) is 2.21. The number of anilines is 1. The Labute approximate surface area is 104 Å². The third-order valence-electron chi connectivity index (χ3n) is 2.33. The molecule has 0 aliphatic carbocycles. The maximum absolute atomic E-state index is 11.6. The van der Waals surface area contributed by atoms with E-state index in [9.17, 15) is 4.79 Å². The number of carbonyl (C=O) groups is 1. The molecule has 2 rings (SSSR count). The molecule has 0 radical (unpaired) electrons. The summed E-state index contributed by atoms with van der Waals surface area (Å²) in [5.41, 5.74) is 1.21. The van der Waals surface area contributed by atoms with Crippen LogP contribution in [0, 0.1) is 11.3 Å². The van der Waals surface area contributed by atoms with Crippen LogP contribution in [0.2, 0.25) is 0 Å². The SMILES string of the molecule is N#Cc1cccc(NC(=O)CSC2COC2)c1. The number of nitrogens with one attached hydrogen (secondary N) is 1. The summed E-state index contributed by atoms with van der Waals surface area (Å²) in [6.45, 7) is 1.48. The summed E-state index contributed by atoms with van der Waals surface area (Å²) in [7, 11) is 0. The Morgan fingerprint density at radius 1 is 1.59 bits per heavy atom. The molecule has 1 saturated heterocycles. The second-order valence-corrected chi connectivity index (χ2v) is 5.00. The molecular formula is C12H12N2O2S. The van der Waals surface area contributed by atoms with Gasteiger partial charge in [-0.2, -0.15) is 5.26 Å². The molecule has 1 aliphatic rings. The van der Waals surface area contributed by atoms with Crippen molar-refractivity contribution in [2.75, 3.05) is 24.3 Å². The minimum Gasteiger partial charge on any atom is -0.379 e.